The van der Waals surface area contributed by atoms with Crippen LogP contribution in [0.15, 0.2) is 53.0 Å². The maximum absolute atomic E-state index is 4.58. The minimum absolute atomic E-state index is 0.649. The highest BCUT2D eigenvalue weighted by molar-refractivity contribution is 7.14. The highest BCUT2D eigenvalue weighted by Gasteiger charge is 2.37. The average molecular weight is 281 g/mol. The Morgan fingerprint density at radius 2 is 2.15 bits per heavy atom. The second-order valence-electron chi connectivity index (χ2n) is 5.26. The van der Waals surface area contributed by atoms with E-state index in [4.69, 9.17) is 0 Å². The van der Waals surface area contributed by atoms with Gasteiger partial charge in [-0.3, -0.25) is 5.43 Å². The molecule has 4 heteroatoms. The summed E-state index contributed by atoms with van der Waals surface area (Å²) in [6.07, 6.45) is 6.85. The first kappa shape index (κ1) is 11.9. The molecule has 0 amide bonds. The van der Waals surface area contributed by atoms with Crippen LogP contribution in [0.5, 0.6) is 0 Å². The molecule has 1 aromatic carbocycles. The van der Waals surface area contributed by atoms with Crippen molar-refractivity contribution in [2.75, 3.05) is 5.43 Å². The highest BCUT2D eigenvalue weighted by Crippen LogP contribution is 2.40. The molecule has 100 valence electrons. The van der Waals surface area contributed by atoms with Gasteiger partial charge in [0.25, 0.3) is 0 Å². The van der Waals surface area contributed by atoms with E-state index >= 15 is 0 Å². The predicted octanol–water partition coefficient (Wildman–Crippen LogP) is 4.17. The van der Waals surface area contributed by atoms with Crippen LogP contribution in [0.4, 0.5) is 5.13 Å². The Labute approximate surface area is 122 Å². The molecule has 4 rings (SSSR count). The van der Waals surface area contributed by atoms with Gasteiger partial charge in [0.1, 0.15) is 0 Å². The van der Waals surface area contributed by atoms with Gasteiger partial charge in [-0.15, -0.1) is 11.3 Å². The molecule has 1 aromatic heterocycles. The van der Waals surface area contributed by atoms with Gasteiger partial charge in [-0.1, -0.05) is 42.5 Å². The lowest BCUT2D eigenvalue weighted by Gasteiger charge is -2.31. The molecule has 1 N–H and O–H groups in total. The van der Waals surface area contributed by atoms with Crippen LogP contribution in [0.1, 0.15) is 12.8 Å². The number of hydrogen-bond donors (Lipinski definition) is 1. The summed E-state index contributed by atoms with van der Waals surface area (Å²) in [6, 6.07) is 10.2. The summed E-state index contributed by atoms with van der Waals surface area (Å²) in [7, 11) is 0. The molecule has 1 fully saturated rings. The van der Waals surface area contributed by atoms with Crippen molar-refractivity contribution in [1.29, 1.82) is 0 Å². The molecular formula is C16H15N3S. The van der Waals surface area contributed by atoms with Gasteiger partial charge in [-0.05, 0) is 18.8 Å². The van der Waals surface area contributed by atoms with Crippen LogP contribution in [0.25, 0.3) is 11.3 Å². The molecule has 3 nitrogen and oxygen atoms in total. The monoisotopic (exact) mass is 281 g/mol. The molecule has 2 atom stereocenters. The molecule has 0 spiro atoms. The number of fused-ring (bicyclic) bond motifs is 1. The summed E-state index contributed by atoms with van der Waals surface area (Å²) in [5.41, 5.74) is 6.56. The molecule has 0 bridgehead atoms. The number of nitrogens with one attached hydrogen (secondary N) is 1. The number of aromatic nitrogens is 1. The van der Waals surface area contributed by atoms with Gasteiger partial charge in [-0.25, -0.2) is 4.98 Å². The molecule has 0 saturated heterocycles. The van der Waals surface area contributed by atoms with E-state index in [0.29, 0.717) is 5.92 Å². The number of anilines is 1. The number of nitrogens with zero attached hydrogens (tertiary/aromatic N) is 2. The summed E-state index contributed by atoms with van der Waals surface area (Å²) in [5, 5.41) is 7.46. The largest absolute Gasteiger partial charge is 0.253 e. The Balaban J connectivity index is 1.46. The van der Waals surface area contributed by atoms with E-state index in [1.807, 2.05) is 18.2 Å². The van der Waals surface area contributed by atoms with Gasteiger partial charge in [0.05, 0.1) is 5.69 Å². The topological polar surface area (TPSA) is 37.3 Å². The third kappa shape index (κ3) is 2.06. The number of hydrogen-bond acceptors (Lipinski definition) is 4. The molecule has 1 saturated carbocycles. The van der Waals surface area contributed by atoms with Gasteiger partial charge >= 0.3 is 0 Å². The van der Waals surface area contributed by atoms with Crippen LogP contribution in [-0.2, 0) is 0 Å². The lowest BCUT2D eigenvalue weighted by molar-refractivity contribution is 0.466. The van der Waals surface area contributed by atoms with Gasteiger partial charge in [0.2, 0.25) is 5.13 Å². The van der Waals surface area contributed by atoms with Crippen molar-refractivity contribution < 1.29 is 0 Å². The fourth-order valence-electron chi connectivity index (χ4n) is 2.85. The molecule has 0 unspecified atom stereocenters. The maximum Gasteiger partial charge on any atom is 0.203 e. The fraction of sp³-hybridized carbons (Fsp3) is 0.250. The van der Waals surface area contributed by atoms with E-state index < -0.39 is 0 Å². The standard InChI is InChI=1S/C16H15N3S/c1-2-5-11(6-3-1)15-10-20-16(17-15)19-18-14-9-12-7-4-8-13(12)14/h1-7,10,12-13H,8-9H2,(H,17,19)/b18-14+/t12-,13+/m0/s1. The number of hydrazone groups is 1. The Morgan fingerprint density at radius 1 is 1.25 bits per heavy atom. The second kappa shape index (κ2) is 4.87. The highest BCUT2D eigenvalue weighted by atomic mass is 32.1. The minimum Gasteiger partial charge on any atom is -0.253 e. The van der Waals surface area contributed by atoms with Crippen LogP contribution < -0.4 is 5.43 Å². The summed E-state index contributed by atoms with van der Waals surface area (Å²) in [6.45, 7) is 0. The van der Waals surface area contributed by atoms with E-state index in [1.165, 1.54) is 5.71 Å². The first-order valence-corrected chi connectivity index (χ1v) is 7.78. The first-order valence-electron chi connectivity index (χ1n) is 6.90. The van der Waals surface area contributed by atoms with Crippen LogP contribution in [0.2, 0.25) is 0 Å². The molecular weight excluding hydrogens is 266 g/mol. The third-order valence-electron chi connectivity index (χ3n) is 4.03. The summed E-state index contributed by atoms with van der Waals surface area (Å²) in [4.78, 5) is 4.58. The van der Waals surface area contributed by atoms with Crippen molar-refractivity contribution in [1.82, 2.24) is 4.98 Å². The maximum atomic E-state index is 4.58. The third-order valence-corrected chi connectivity index (χ3v) is 4.78. The lowest BCUT2D eigenvalue weighted by Crippen LogP contribution is -2.33. The predicted molar refractivity (Wildman–Crippen MR) is 84.0 cm³/mol. The number of thiazole rings is 1. The Kier molecular flexibility index (Phi) is 2.89. The molecule has 2 aliphatic rings. The van der Waals surface area contributed by atoms with Crippen molar-refractivity contribution in [3.63, 3.8) is 0 Å². The van der Waals surface area contributed by atoms with Crippen LogP contribution >= 0.6 is 11.3 Å². The van der Waals surface area contributed by atoms with Crippen molar-refractivity contribution >= 4 is 22.2 Å². The SMILES string of the molecule is C1=C[C@H]2C/C(=N\Nc3nc(-c4ccccc4)cs3)[C@@H]2C1. The number of rotatable bonds is 3. The van der Waals surface area contributed by atoms with Crippen molar-refractivity contribution in [3.8, 4) is 11.3 Å². The second-order valence-corrected chi connectivity index (χ2v) is 6.12. The van der Waals surface area contributed by atoms with E-state index in [2.05, 4.69) is 45.2 Å². The Morgan fingerprint density at radius 3 is 3.00 bits per heavy atom. The van der Waals surface area contributed by atoms with Crippen LogP contribution in [0, 0.1) is 11.8 Å². The smallest absolute Gasteiger partial charge is 0.203 e. The van der Waals surface area contributed by atoms with Gasteiger partial charge in [0, 0.05) is 22.6 Å². The zero-order valence-corrected chi connectivity index (χ0v) is 11.8. The minimum atomic E-state index is 0.649. The van der Waals surface area contributed by atoms with Crippen molar-refractivity contribution in [2.45, 2.75) is 12.8 Å². The summed E-state index contributed by atoms with van der Waals surface area (Å²) in [5.74, 6) is 1.39. The Hall–Kier alpha value is -1.94. The fourth-order valence-corrected chi connectivity index (χ4v) is 3.51. The van der Waals surface area contributed by atoms with Crippen molar-refractivity contribution in [2.24, 2.45) is 16.9 Å². The zero-order chi connectivity index (χ0) is 13.4. The van der Waals surface area contributed by atoms with E-state index in [-0.39, 0.29) is 0 Å². The average Bonchev–Trinajstić information content (AvgIpc) is 3.08. The van der Waals surface area contributed by atoms with Gasteiger partial charge < -0.3 is 0 Å². The van der Waals surface area contributed by atoms with Gasteiger partial charge in [0.15, 0.2) is 0 Å². The summed E-state index contributed by atoms with van der Waals surface area (Å²) >= 11 is 1.60. The van der Waals surface area contributed by atoms with E-state index in [1.54, 1.807) is 11.3 Å². The lowest BCUT2D eigenvalue weighted by atomic mass is 9.74. The van der Waals surface area contributed by atoms with Crippen molar-refractivity contribution in [3.05, 3.63) is 47.9 Å². The quantitative estimate of drug-likeness (QED) is 0.677. The molecule has 2 aliphatic carbocycles. The molecule has 0 aliphatic heterocycles. The van der Waals surface area contributed by atoms with Crippen LogP contribution in [0.3, 0.4) is 0 Å². The number of benzene rings is 1. The molecule has 20 heavy (non-hydrogen) atoms. The molecule has 0 radical (unpaired) electrons. The molecule has 2 aromatic rings. The Bertz CT molecular complexity index is 672. The van der Waals surface area contributed by atoms with Gasteiger partial charge in [-0.2, -0.15) is 5.10 Å². The summed E-state index contributed by atoms with van der Waals surface area (Å²) < 4.78 is 0. The molecule has 1 heterocycles. The van der Waals surface area contributed by atoms with E-state index in [0.717, 1.165) is 35.1 Å². The number of allylic oxidation sites excluding steroid dienone is 2. The first-order chi connectivity index (χ1) is 9.90. The normalized spacial score (nSPS) is 25.5. The van der Waals surface area contributed by atoms with E-state index in [9.17, 15) is 0 Å². The zero-order valence-electron chi connectivity index (χ0n) is 11.0. The van der Waals surface area contributed by atoms with Crippen LogP contribution in [-0.4, -0.2) is 10.7 Å².